The van der Waals surface area contributed by atoms with Crippen LogP contribution in [0.15, 0.2) is 29.6 Å². The van der Waals surface area contributed by atoms with Gasteiger partial charge in [0.2, 0.25) is 0 Å². The molecule has 2 heterocycles. The van der Waals surface area contributed by atoms with Gasteiger partial charge in [0.1, 0.15) is 11.3 Å². The fourth-order valence-electron chi connectivity index (χ4n) is 2.99. The summed E-state index contributed by atoms with van der Waals surface area (Å²) in [4.78, 5) is 24.6. The van der Waals surface area contributed by atoms with E-state index in [0.717, 1.165) is 23.7 Å². The van der Waals surface area contributed by atoms with E-state index in [1.807, 2.05) is 31.5 Å². The zero-order chi connectivity index (χ0) is 17.3. The molecule has 24 heavy (non-hydrogen) atoms. The zero-order valence-electron chi connectivity index (χ0n) is 14.2. The van der Waals surface area contributed by atoms with Crippen LogP contribution in [-0.4, -0.2) is 39.5 Å². The van der Waals surface area contributed by atoms with E-state index in [9.17, 15) is 9.70 Å². The van der Waals surface area contributed by atoms with Gasteiger partial charge in [0.05, 0.1) is 17.8 Å². The number of carbonyl (C=O) groups excluding carboxylic acids is 1. The van der Waals surface area contributed by atoms with Crippen LogP contribution in [-0.2, 0) is 4.74 Å². The second-order valence-corrected chi connectivity index (χ2v) is 7.12. The number of piperidine rings is 1. The van der Waals surface area contributed by atoms with Gasteiger partial charge in [-0.05, 0) is 57.0 Å². The molecule has 0 atom stereocenters. The fourth-order valence-corrected chi connectivity index (χ4v) is 2.99. The lowest BCUT2D eigenvalue weighted by atomic mass is 10.1. The van der Waals surface area contributed by atoms with Gasteiger partial charge in [-0.15, -0.1) is 4.91 Å². The first-order valence-corrected chi connectivity index (χ1v) is 8.16. The molecule has 0 N–H and O–H groups in total. The molecule has 3 rings (SSSR count). The number of hydrogen-bond acceptors (Lipinski definition) is 5. The first-order chi connectivity index (χ1) is 11.4. The largest absolute Gasteiger partial charge is 0.444 e. The van der Waals surface area contributed by atoms with Crippen LogP contribution in [0.3, 0.4) is 0 Å². The van der Waals surface area contributed by atoms with Gasteiger partial charge in [-0.2, -0.15) is 5.10 Å². The van der Waals surface area contributed by atoms with Crippen LogP contribution in [0.25, 0.3) is 10.9 Å². The van der Waals surface area contributed by atoms with E-state index in [4.69, 9.17) is 4.74 Å². The Morgan fingerprint density at radius 3 is 2.62 bits per heavy atom. The molecule has 0 bridgehead atoms. The lowest BCUT2D eigenvalue weighted by Crippen LogP contribution is -2.42. The summed E-state index contributed by atoms with van der Waals surface area (Å²) in [6.07, 6.45) is 3.13. The van der Waals surface area contributed by atoms with Crippen LogP contribution in [0.2, 0.25) is 0 Å². The van der Waals surface area contributed by atoms with Crippen molar-refractivity contribution in [2.75, 3.05) is 13.1 Å². The third-order valence-electron chi connectivity index (χ3n) is 4.15. The number of benzene rings is 1. The topological polar surface area (TPSA) is 76.8 Å². The minimum Gasteiger partial charge on any atom is -0.444 e. The Balaban J connectivity index is 1.71. The Bertz CT molecular complexity index is 755. The van der Waals surface area contributed by atoms with Crippen molar-refractivity contribution in [3.8, 4) is 0 Å². The number of amides is 1. The van der Waals surface area contributed by atoms with Gasteiger partial charge in [-0.1, -0.05) is 0 Å². The van der Waals surface area contributed by atoms with E-state index in [1.54, 1.807) is 23.2 Å². The third kappa shape index (κ3) is 3.39. The van der Waals surface area contributed by atoms with Gasteiger partial charge in [-0.25, -0.2) is 4.79 Å². The van der Waals surface area contributed by atoms with Gasteiger partial charge in [-0.3, -0.25) is 4.68 Å². The Labute approximate surface area is 140 Å². The predicted octanol–water partition coefficient (Wildman–Crippen LogP) is 4.01. The standard InChI is InChI=1S/C17H22N4O3/c1-17(2,3)24-16(22)20-8-6-14(7-9-20)21-15-10-13(19-23)5-4-12(15)11-18-21/h4-5,10-11,14H,6-9H2,1-3H3. The van der Waals surface area contributed by atoms with Crippen LogP contribution in [0.1, 0.15) is 39.7 Å². The molecular formula is C17H22N4O3. The first kappa shape index (κ1) is 16.4. The van der Waals surface area contributed by atoms with Crippen LogP contribution >= 0.6 is 0 Å². The number of nitroso groups, excluding NO2 is 1. The summed E-state index contributed by atoms with van der Waals surface area (Å²) < 4.78 is 7.36. The van der Waals surface area contributed by atoms with Crippen LogP contribution in [0.5, 0.6) is 0 Å². The third-order valence-corrected chi connectivity index (χ3v) is 4.15. The Morgan fingerprint density at radius 2 is 2.00 bits per heavy atom. The van der Waals surface area contributed by atoms with E-state index < -0.39 is 5.60 Å². The minimum atomic E-state index is -0.482. The number of ether oxygens (including phenoxy) is 1. The molecule has 7 nitrogen and oxygen atoms in total. The fraction of sp³-hybridized carbons (Fsp3) is 0.529. The van der Waals surface area contributed by atoms with E-state index >= 15 is 0 Å². The summed E-state index contributed by atoms with van der Waals surface area (Å²) in [6, 6.07) is 5.50. The molecule has 7 heteroatoms. The minimum absolute atomic E-state index is 0.197. The van der Waals surface area contributed by atoms with Crippen molar-refractivity contribution >= 4 is 22.7 Å². The molecule has 1 saturated heterocycles. The quantitative estimate of drug-likeness (QED) is 0.780. The predicted molar refractivity (Wildman–Crippen MR) is 91.3 cm³/mol. The highest BCUT2D eigenvalue weighted by Gasteiger charge is 2.28. The van der Waals surface area contributed by atoms with Crippen LogP contribution < -0.4 is 0 Å². The van der Waals surface area contributed by atoms with Gasteiger partial charge in [0.15, 0.2) is 0 Å². The summed E-state index contributed by atoms with van der Waals surface area (Å²) in [7, 11) is 0. The molecule has 1 amide bonds. The van der Waals surface area contributed by atoms with Crippen molar-refractivity contribution < 1.29 is 9.53 Å². The Hall–Kier alpha value is -2.44. The maximum absolute atomic E-state index is 12.1. The Kier molecular flexibility index (Phi) is 4.26. The molecule has 1 aliphatic rings. The van der Waals surface area contributed by atoms with E-state index in [0.29, 0.717) is 18.8 Å². The molecular weight excluding hydrogens is 308 g/mol. The Morgan fingerprint density at radius 1 is 1.29 bits per heavy atom. The highest BCUT2D eigenvalue weighted by molar-refractivity contribution is 5.81. The van der Waals surface area contributed by atoms with E-state index in [1.165, 1.54) is 0 Å². The monoisotopic (exact) mass is 330 g/mol. The maximum atomic E-state index is 12.1. The lowest BCUT2D eigenvalue weighted by molar-refractivity contribution is 0.0186. The van der Waals surface area contributed by atoms with Crippen molar-refractivity contribution in [2.24, 2.45) is 5.18 Å². The van der Waals surface area contributed by atoms with E-state index in [2.05, 4.69) is 10.3 Å². The molecule has 0 radical (unpaired) electrons. The molecule has 1 fully saturated rings. The molecule has 0 spiro atoms. The average Bonchev–Trinajstić information content (AvgIpc) is 2.96. The molecule has 0 aliphatic carbocycles. The maximum Gasteiger partial charge on any atom is 0.410 e. The molecule has 0 unspecified atom stereocenters. The highest BCUT2D eigenvalue weighted by Crippen LogP contribution is 2.29. The summed E-state index contributed by atoms with van der Waals surface area (Å²) in [5.74, 6) is 0. The number of hydrogen-bond donors (Lipinski definition) is 0. The van der Waals surface area contributed by atoms with Gasteiger partial charge < -0.3 is 9.64 Å². The zero-order valence-corrected chi connectivity index (χ0v) is 14.2. The SMILES string of the molecule is CC(C)(C)OC(=O)N1CCC(n2ncc3ccc(N=O)cc32)CC1. The molecule has 2 aromatic rings. The number of carbonyl (C=O) groups is 1. The van der Waals surface area contributed by atoms with Crippen LogP contribution in [0, 0.1) is 4.91 Å². The number of fused-ring (bicyclic) bond motifs is 1. The average molecular weight is 330 g/mol. The molecule has 1 aromatic heterocycles. The summed E-state index contributed by atoms with van der Waals surface area (Å²) in [5.41, 5.74) is 0.822. The molecule has 1 aromatic carbocycles. The van der Waals surface area contributed by atoms with Crippen molar-refractivity contribution in [1.82, 2.24) is 14.7 Å². The number of rotatable bonds is 2. The summed E-state index contributed by atoms with van der Waals surface area (Å²) in [6.45, 7) is 6.86. The number of aromatic nitrogens is 2. The normalized spacial score (nSPS) is 16.4. The van der Waals surface area contributed by atoms with Crippen molar-refractivity contribution in [2.45, 2.75) is 45.3 Å². The first-order valence-electron chi connectivity index (χ1n) is 8.16. The lowest BCUT2D eigenvalue weighted by Gasteiger charge is -2.33. The summed E-state index contributed by atoms with van der Waals surface area (Å²) >= 11 is 0. The molecule has 128 valence electrons. The smallest absolute Gasteiger partial charge is 0.410 e. The van der Waals surface area contributed by atoms with Crippen molar-refractivity contribution in [3.05, 3.63) is 29.3 Å². The van der Waals surface area contributed by atoms with Gasteiger partial charge in [0, 0.05) is 18.5 Å². The molecule has 0 saturated carbocycles. The second kappa shape index (κ2) is 6.22. The number of likely N-dealkylation sites (tertiary alicyclic amines) is 1. The number of nitrogens with zero attached hydrogens (tertiary/aromatic N) is 4. The summed E-state index contributed by atoms with van der Waals surface area (Å²) in [5, 5.41) is 8.44. The van der Waals surface area contributed by atoms with E-state index in [-0.39, 0.29) is 12.1 Å². The highest BCUT2D eigenvalue weighted by atomic mass is 16.6. The van der Waals surface area contributed by atoms with Crippen molar-refractivity contribution in [3.63, 3.8) is 0 Å². The van der Waals surface area contributed by atoms with Gasteiger partial charge >= 0.3 is 6.09 Å². The molecule has 1 aliphatic heterocycles. The van der Waals surface area contributed by atoms with Crippen molar-refractivity contribution in [1.29, 1.82) is 0 Å². The van der Waals surface area contributed by atoms with Crippen LogP contribution in [0.4, 0.5) is 10.5 Å². The van der Waals surface area contributed by atoms with Gasteiger partial charge in [0.25, 0.3) is 0 Å². The second-order valence-electron chi connectivity index (χ2n) is 7.12.